The second-order valence-corrected chi connectivity index (χ2v) is 8.60. The molecule has 4 rings (SSSR count). The van der Waals surface area contributed by atoms with Gasteiger partial charge < -0.3 is 5.11 Å². The molecule has 0 aliphatic heterocycles. The Labute approximate surface area is 190 Å². The average Bonchev–Trinajstić information content (AvgIpc) is 3.24. The van der Waals surface area contributed by atoms with Crippen LogP contribution in [0.3, 0.4) is 0 Å². The number of hydrogen-bond acceptors (Lipinski definition) is 3. The molecule has 1 unspecified atom stereocenters. The van der Waals surface area contributed by atoms with Gasteiger partial charge in [0.2, 0.25) is 0 Å². The third kappa shape index (κ3) is 5.08. The second kappa shape index (κ2) is 10.6. The van der Waals surface area contributed by atoms with Crippen molar-refractivity contribution in [2.45, 2.75) is 64.9 Å². The third-order valence-electron chi connectivity index (χ3n) is 5.97. The highest BCUT2D eigenvalue weighted by atomic mass is 16.3. The molecule has 0 aliphatic carbocycles. The number of aromatic nitrogens is 3. The largest absolute Gasteiger partial charge is 0.393 e. The normalized spacial score (nSPS) is 12.3. The zero-order valence-corrected chi connectivity index (χ0v) is 19.2. The number of aliphatic hydroxyl groups is 1. The highest BCUT2D eigenvalue weighted by Crippen LogP contribution is 2.33. The summed E-state index contributed by atoms with van der Waals surface area (Å²) < 4.78 is 0. The Hall–Kier alpha value is -2.98. The summed E-state index contributed by atoms with van der Waals surface area (Å²) in [5, 5.41) is 20.1. The summed E-state index contributed by atoms with van der Waals surface area (Å²) in [6, 6.07) is 23.0. The lowest BCUT2D eigenvalue weighted by atomic mass is 9.90. The van der Waals surface area contributed by atoms with Gasteiger partial charge in [-0.05, 0) is 60.6 Å². The predicted octanol–water partition coefficient (Wildman–Crippen LogP) is 6.52. The van der Waals surface area contributed by atoms with Gasteiger partial charge in [-0.3, -0.25) is 0 Å². The molecular weight excluding hydrogens is 394 g/mol. The van der Waals surface area contributed by atoms with E-state index in [4.69, 9.17) is 10.2 Å². The van der Waals surface area contributed by atoms with E-state index in [0.717, 1.165) is 48.0 Å². The Morgan fingerprint density at radius 1 is 0.844 bits per heavy atom. The SMILES string of the molecule is CCCCCc1cc(CC(O)CCC)cc(-n2nc3ccccc3n2)c1-c1ccccc1. The molecule has 3 aromatic carbocycles. The maximum Gasteiger partial charge on any atom is 0.113 e. The van der Waals surface area contributed by atoms with Gasteiger partial charge in [-0.25, -0.2) is 0 Å². The molecule has 0 bridgehead atoms. The minimum atomic E-state index is -0.330. The van der Waals surface area contributed by atoms with Crippen molar-refractivity contribution in [2.24, 2.45) is 0 Å². The number of unbranched alkanes of at least 4 members (excludes halogenated alkanes) is 2. The van der Waals surface area contributed by atoms with E-state index in [-0.39, 0.29) is 6.10 Å². The van der Waals surface area contributed by atoms with Crippen LogP contribution in [0.2, 0.25) is 0 Å². The van der Waals surface area contributed by atoms with Crippen LogP contribution in [0.5, 0.6) is 0 Å². The minimum Gasteiger partial charge on any atom is -0.393 e. The Morgan fingerprint density at radius 3 is 2.19 bits per heavy atom. The van der Waals surface area contributed by atoms with Gasteiger partial charge in [0.15, 0.2) is 0 Å². The summed E-state index contributed by atoms with van der Waals surface area (Å²) >= 11 is 0. The highest BCUT2D eigenvalue weighted by molar-refractivity contribution is 5.79. The number of aliphatic hydroxyl groups excluding tert-OH is 1. The second-order valence-electron chi connectivity index (χ2n) is 8.60. The standard InChI is InChI=1S/C28H33N3O/c1-3-5-7-15-23-18-21(19-24(32)12-4-2)20-27(28(23)22-13-8-6-9-14-22)31-29-25-16-10-11-17-26(25)30-31/h6,8-11,13-14,16-18,20,24,32H,3-5,7,12,15,19H2,1-2H3. The Morgan fingerprint density at radius 2 is 1.53 bits per heavy atom. The van der Waals surface area contributed by atoms with Gasteiger partial charge in [-0.15, -0.1) is 15.0 Å². The fourth-order valence-corrected chi connectivity index (χ4v) is 4.40. The lowest BCUT2D eigenvalue weighted by Gasteiger charge is -2.18. The number of hydrogen-bond donors (Lipinski definition) is 1. The van der Waals surface area contributed by atoms with Crippen molar-refractivity contribution in [3.63, 3.8) is 0 Å². The van der Waals surface area contributed by atoms with Gasteiger partial charge >= 0.3 is 0 Å². The van der Waals surface area contributed by atoms with Crippen LogP contribution in [-0.2, 0) is 12.8 Å². The van der Waals surface area contributed by atoms with Crippen molar-refractivity contribution in [1.29, 1.82) is 0 Å². The van der Waals surface area contributed by atoms with Crippen LogP contribution >= 0.6 is 0 Å². The van der Waals surface area contributed by atoms with Gasteiger partial charge in [0.1, 0.15) is 11.0 Å². The molecule has 1 atom stereocenters. The average molecular weight is 428 g/mol. The molecule has 0 aliphatic rings. The first-order valence-electron chi connectivity index (χ1n) is 11.9. The Bertz CT molecular complexity index is 1120. The monoisotopic (exact) mass is 427 g/mol. The van der Waals surface area contributed by atoms with Crippen molar-refractivity contribution in [1.82, 2.24) is 15.0 Å². The molecule has 1 heterocycles. The van der Waals surface area contributed by atoms with Gasteiger partial charge in [-0.1, -0.05) is 81.6 Å². The van der Waals surface area contributed by atoms with Gasteiger partial charge in [0.25, 0.3) is 0 Å². The van der Waals surface area contributed by atoms with E-state index in [2.05, 4.69) is 56.3 Å². The van der Waals surface area contributed by atoms with Crippen molar-refractivity contribution in [2.75, 3.05) is 0 Å². The molecule has 1 aromatic heterocycles. The maximum atomic E-state index is 10.5. The number of benzene rings is 3. The lowest BCUT2D eigenvalue weighted by Crippen LogP contribution is -2.12. The molecule has 0 saturated carbocycles. The van der Waals surface area contributed by atoms with E-state index in [1.165, 1.54) is 29.5 Å². The van der Waals surface area contributed by atoms with Crippen LogP contribution in [0.25, 0.3) is 27.8 Å². The molecule has 4 aromatic rings. The first-order valence-corrected chi connectivity index (χ1v) is 11.9. The molecule has 0 saturated heterocycles. The van der Waals surface area contributed by atoms with Crippen LogP contribution in [-0.4, -0.2) is 26.2 Å². The molecule has 166 valence electrons. The summed E-state index contributed by atoms with van der Waals surface area (Å²) in [6.45, 7) is 4.35. The van der Waals surface area contributed by atoms with Crippen LogP contribution in [0, 0.1) is 0 Å². The maximum absolute atomic E-state index is 10.5. The molecule has 0 fully saturated rings. The Balaban J connectivity index is 1.89. The van der Waals surface area contributed by atoms with Crippen LogP contribution in [0.1, 0.15) is 57.1 Å². The smallest absolute Gasteiger partial charge is 0.113 e. The van der Waals surface area contributed by atoms with Crippen molar-refractivity contribution in [3.05, 3.63) is 77.9 Å². The number of nitrogens with zero attached hydrogens (tertiary/aromatic N) is 3. The van der Waals surface area contributed by atoms with E-state index < -0.39 is 0 Å². The summed E-state index contributed by atoms with van der Waals surface area (Å²) in [5.41, 5.74) is 7.58. The first-order chi connectivity index (χ1) is 15.7. The molecule has 0 radical (unpaired) electrons. The lowest BCUT2D eigenvalue weighted by molar-refractivity contribution is 0.164. The fraction of sp³-hybridized carbons (Fsp3) is 0.357. The third-order valence-corrected chi connectivity index (χ3v) is 5.97. The molecule has 0 spiro atoms. The van der Waals surface area contributed by atoms with E-state index in [1.54, 1.807) is 4.80 Å². The molecule has 0 amide bonds. The van der Waals surface area contributed by atoms with Crippen molar-refractivity contribution >= 4 is 11.0 Å². The number of fused-ring (bicyclic) bond motifs is 1. The highest BCUT2D eigenvalue weighted by Gasteiger charge is 2.18. The zero-order chi connectivity index (χ0) is 22.3. The number of aryl methyl sites for hydroxylation is 1. The van der Waals surface area contributed by atoms with Crippen LogP contribution in [0.4, 0.5) is 0 Å². The molecule has 1 N–H and O–H groups in total. The van der Waals surface area contributed by atoms with Crippen molar-refractivity contribution < 1.29 is 5.11 Å². The predicted molar refractivity (Wildman–Crippen MR) is 132 cm³/mol. The van der Waals surface area contributed by atoms with Gasteiger partial charge in [-0.2, -0.15) is 0 Å². The van der Waals surface area contributed by atoms with Crippen LogP contribution < -0.4 is 0 Å². The van der Waals surface area contributed by atoms with Crippen LogP contribution in [0.15, 0.2) is 66.7 Å². The quantitative estimate of drug-likeness (QED) is 0.293. The summed E-state index contributed by atoms with van der Waals surface area (Å²) in [7, 11) is 0. The summed E-state index contributed by atoms with van der Waals surface area (Å²) in [6.07, 6.45) is 6.65. The van der Waals surface area contributed by atoms with E-state index in [9.17, 15) is 5.11 Å². The fourth-order valence-electron chi connectivity index (χ4n) is 4.40. The summed E-state index contributed by atoms with van der Waals surface area (Å²) in [4.78, 5) is 1.78. The van der Waals surface area contributed by atoms with Gasteiger partial charge in [0.05, 0.1) is 11.8 Å². The van der Waals surface area contributed by atoms with E-state index in [0.29, 0.717) is 6.42 Å². The zero-order valence-electron chi connectivity index (χ0n) is 19.2. The molecule has 4 heteroatoms. The summed E-state index contributed by atoms with van der Waals surface area (Å²) in [5.74, 6) is 0. The molecule has 32 heavy (non-hydrogen) atoms. The van der Waals surface area contributed by atoms with E-state index >= 15 is 0 Å². The van der Waals surface area contributed by atoms with E-state index in [1.807, 2.05) is 24.3 Å². The topological polar surface area (TPSA) is 50.9 Å². The van der Waals surface area contributed by atoms with Gasteiger partial charge in [0, 0.05) is 5.56 Å². The molecular formula is C28H33N3O. The first kappa shape index (κ1) is 22.2. The minimum absolute atomic E-state index is 0.330. The molecule has 4 nitrogen and oxygen atoms in total. The number of rotatable bonds is 10. The Kier molecular flexibility index (Phi) is 7.33. The van der Waals surface area contributed by atoms with Crippen molar-refractivity contribution in [3.8, 4) is 16.8 Å².